The van der Waals surface area contributed by atoms with E-state index in [4.69, 9.17) is 4.74 Å². The van der Waals surface area contributed by atoms with Gasteiger partial charge in [0.25, 0.3) is 0 Å². The van der Waals surface area contributed by atoms with Crippen LogP contribution in [0, 0.1) is 0 Å². The summed E-state index contributed by atoms with van der Waals surface area (Å²) in [5.74, 6) is 0.984. The summed E-state index contributed by atoms with van der Waals surface area (Å²) in [5, 5.41) is 3.24. The van der Waals surface area contributed by atoms with Crippen molar-refractivity contribution in [2.45, 2.75) is 32.4 Å². The van der Waals surface area contributed by atoms with Gasteiger partial charge in [-0.25, -0.2) is 0 Å². The van der Waals surface area contributed by atoms with Crippen LogP contribution in [0.25, 0.3) is 0 Å². The van der Waals surface area contributed by atoms with E-state index in [1.54, 1.807) is 4.90 Å². The molecule has 0 unspecified atom stereocenters. The van der Waals surface area contributed by atoms with Gasteiger partial charge in [0, 0.05) is 25.2 Å². The molecular weight excluding hydrogens is 240 g/mol. The van der Waals surface area contributed by atoms with E-state index >= 15 is 0 Å². The second-order valence-electron chi connectivity index (χ2n) is 4.95. The van der Waals surface area contributed by atoms with Crippen molar-refractivity contribution in [3.05, 3.63) is 29.8 Å². The average Bonchev–Trinajstić information content (AvgIpc) is 3.22. The van der Waals surface area contributed by atoms with Crippen molar-refractivity contribution < 1.29 is 9.53 Å². The van der Waals surface area contributed by atoms with Crippen LogP contribution in [-0.2, 0) is 11.3 Å². The minimum absolute atomic E-state index is 0.123. The van der Waals surface area contributed by atoms with Gasteiger partial charge in [-0.05, 0) is 25.8 Å². The molecule has 0 saturated heterocycles. The zero-order valence-corrected chi connectivity index (χ0v) is 11.7. The Balaban J connectivity index is 1.89. The number of nitrogens with zero attached hydrogens (tertiary/aromatic N) is 1. The van der Waals surface area contributed by atoms with Gasteiger partial charge in [-0.3, -0.25) is 4.79 Å². The third-order valence-corrected chi connectivity index (χ3v) is 3.23. The molecule has 4 nitrogen and oxygen atoms in total. The van der Waals surface area contributed by atoms with Crippen LogP contribution in [-0.4, -0.2) is 37.0 Å². The summed E-state index contributed by atoms with van der Waals surface area (Å²) in [6, 6.07) is 8.43. The van der Waals surface area contributed by atoms with Crippen molar-refractivity contribution in [1.82, 2.24) is 10.2 Å². The maximum atomic E-state index is 12.0. The Hall–Kier alpha value is -1.55. The van der Waals surface area contributed by atoms with E-state index in [-0.39, 0.29) is 5.91 Å². The summed E-state index contributed by atoms with van der Waals surface area (Å²) in [5.41, 5.74) is 1.05. The van der Waals surface area contributed by atoms with E-state index in [0.717, 1.165) is 11.3 Å². The molecule has 0 spiro atoms. The van der Waals surface area contributed by atoms with E-state index < -0.39 is 0 Å². The quantitative estimate of drug-likeness (QED) is 0.814. The molecule has 1 N–H and O–H groups in total. The summed E-state index contributed by atoms with van der Waals surface area (Å²) < 4.78 is 5.57. The zero-order valence-electron chi connectivity index (χ0n) is 11.7. The fourth-order valence-electron chi connectivity index (χ4n) is 1.93. The van der Waals surface area contributed by atoms with E-state index in [1.807, 2.05) is 38.2 Å². The molecule has 104 valence electrons. The SMILES string of the molecule is CCOc1ccccc1CN(C)C(=O)CNC1CC1. The van der Waals surface area contributed by atoms with Crippen LogP contribution in [0.4, 0.5) is 0 Å². The zero-order chi connectivity index (χ0) is 13.7. The molecule has 1 saturated carbocycles. The fourth-order valence-corrected chi connectivity index (χ4v) is 1.93. The Morgan fingerprint density at radius 2 is 2.16 bits per heavy atom. The summed E-state index contributed by atoms with van der Waals surface area (Å²) in [4.78, 5) is 13.7. The van der Waals surface area contributed by atoms with E-state index in [9.17, 15) is 4.79 Å². The number of ether oxygens (including phenoxy) is 1. The van der Waals surface area contributed by atoms with Gasteiger partial charge in [0.15, 0.2) is 0 Å². The molecule has 1 aromatic carbocycles. The molecule has 4 heteroatoms. The minimum Gasteiger partial charge on any atom is -0.494 e. The molecule has 0 aromatic heterocycles. The number of nitrogens with one attached hydrogen (secondary N) is 1. The molecule has 0 bridgehead atoms. The van der Waals surface area contributed by atoms with Crippen LogP contribution in [0.3, 0.4) is 0 Å². The topological polar surface area (TPSA) is 41.6 Å². The van der Waals surface area contributed by atoms with Crippen molar-refractivity contribution in [1.29, 1.82) is 0 Å². The average molecular weight is 262 g/mol. The lowest BCUT2D eigenvalue weighted by Crippen LogP contribution is -2.36. The molecule has 1 fully saturated rings. The Bertz CT molecular complexity index is 430. The second kappa shape index (κ2) is 6.57. The van der Waals surface area contributed by atoms with Gasteiger partial charge in [-0.2, -0.15) is 0 Å². The molecule has 19 heavy (non-hydrogen) atoms. The number of hydrogen-bond donors (Lipinski definition) is 1. The molecule has 2 rings (SSSR count). The largest absolute Gasteiger partial charge is 0.494 e. The molecule has 1 aliphatic carbocycles. The van der Waals surface area contributed by atoms with Crippen molar-refractivity contribution >= 4 is 5.91 Å². The summed E-state index contributed by atoms with van der Waals surface area (Å²) in [7, 11) is 1.83. The van der Waals surface area contributed by atoms with Crippen LogP contribution in [0.5, 0.6) is 5.75 Å². The Morgan fingerprint density at radius 3 is 2.84 bits per heavy atom. The maximum Gasteiger partial charge on any atom is 0.236 e. The van der Waals surface area contributed by atoms with Crippen LogP contribution in [0.15, 0.2) is 24.3 Å². The van der Waals surface area contributed by atoms with Gasteiger partial charge in [-0.15, -0.1) is 0 Å². The third kappa shape index (κ3) is 4.24. The summed E-state index contributed by atoms with van der Waals surface area (Å²) in [6.45, 7) is 3.61. The van der Waals surface area contributed by atoms with Crippen LogP contribution in [0.1, 0.15) is 25.3 Å². The van der Waals surface area contributed by atoms with E-state index in [0.29, 0.717) is 25.7 Å². The summed E-state index contributed by atoms with van der Waals surface area (Å²) in [6.07, 6.45) is 2.40. The smallest absolute Gasteiger partial charge is 0.236 e. The molecule has 0 heterocycles. The highest BCUT2D eigenvalue weighted by atomic mass is 16.5. The number of carbonyl (C=O) groups excluding carboxylic acids is 1. The molecule has 0 atom stereocenters. The van der Waals surface area contributed by atoms with Crippen LogP contribution in [0.2, 0.25) is 0 Å². The Morgan fingerprint density at radius 1 is 1.42 bits per heavy atom. The lowest BCUT2D eigenvalue weighted by Gasteiger charge is -2.19. The molecule has 1 aliphatic rings. The maximum absolute atomic E-state index is 12.0. The highest BCUT2D eigenvalue weighted by molar-refractivity contribution is 5.78. The molecular formula is C15H22N2O2. The van der Waals surface area contributed by atoms with Crippen molar-refractivity contribution in [2.24, 2.45) is 0 Å². The first-order chi connectivity index (χ1) is 9.20. The van der Waals surface area contributed by atoms with Crippen LogP contribution >= 0.6 is 0 Å². The minimum atomic E-state index is 0.123. The van der Waals surface area contributed by atoms with Crippen molar-refractivity contribution in [3.8, 4) is 5.75 Å². The fraction of sp³-hybridized carbons (Fsp3) is 0.533. The van der Waals surface area contributed by atoms with Gasteiger partial charge in [-0.1, -0.05) is 18.2 Å². The number of likely N-dealkylation sites (N-methyl/N-ethyl adjacent to an activating group) is 1. The third-order valence-electron chi connectivity index (χ3n) is 3.23. The first-order valence-electron chi connectivity index (χ1n) is 6.88. The van der Waals surface area contributed by atoms with Crippen molar-refractivity contribution in [2.75, 3.05) is 20.2 Å². The number of amides is 1. The normalized spacial score (nSPS) is 14.2. The lowest BCUT2D eigenvalue weighted by atomic mass is 10.2. The standard InChI is InChI=1S/C15H22N2O2/c1-3-19-14-7-5-4-6-12(14)11-17(2)15(18)10-16-13-8-9-13/h4-7,13,16H,3,8-11H2,1-2H3. The lowest BCUT2D eigenvalue weighted by molar-refractivity contribution is -0.129. The Labute approximate surface area is 114 Å². The van der Waals surface area contributed by atoms with Gasteiger partial charge < -0.3 is 15.0 Å². The van der Waals surface area contributed by atoms with Gasteiger partial charge in [0.1, 0.15) is 5.75 Å². The van der Waals surface area contributed by atoms with Gasteiger partial charge in [0.2, 0.25) is 5.91 Å². The van der Waals surface area contributed by atoms with Crippen LogP contribution < -0.4 is 10.1 Å². The van der Waals surface area contributed by atoms with Gasteiger partial charge >= 0.3 is 0 Å². The number of para-hydroxylation sites is 1. The number of rotatable bonds is 7. The first-order valence-corrected chi connectivity index (χ1v) is 6.88. The first kappa shape index (κ1) is 13.9. The van der Waals surface area contributed by atoms with Crippen molar-refractivity contribution in [3.63, 3.8) is 0 Å². The number of hydrogen-bond acceptors (Lipinski definition) is 3. The van der Waals surface area contributed by atoms with E-state index in [2.05, 4.69) is 5.32 Å². The molecule has 0 aliphatic heterocycles. The van der Waals surface area contributed by atoms with E-state index in [1.165, 1.54) is 12.8 Å². The Kier molecular flexibility index (Phi) is 4.80. The molecule has 0 radical (unpaired) electrons. The summed E-state index contributed by atoms with van der Waals surface area (Å²) >= 11 is 0. The van der Waals surface area contributed by atoms with Gasteiger partial charge in [0.05, 0.1) is 13.2 Å². The highest BCUT2D eigenvalue weighted by Crippen LogP contribution is 2.20. The highest BCUT2D eigenvalue weighted by Gasteiger charge is 2.22. The number of carbonyl (C=O) groups is 1. The predicted octanol–water partition coefficient (Wildman–Crippen LogP) is 1.80. The monoisotopic (exact) mass is 262 g/mol. The molecule has 1 aromatic rings. The predicted molar refractivity (Wildman–Crippen MR) is 75.1 cm³/mol. The number of benzene rings is 1. The molecule has 1 amide bonds. The second-order valence-corrected chi connectivity index (χ2v) is 4.95.